The van der Waals surface area contributed by atoms with Crippen LogP contribution in [0.1, 0.15) is 5.56 Å². The summed E-state index contributed by atoms with van der Waals surface area (Å²) in [5.74, 6) is 0. The maximum Gasteiger partial charge on any atom is 0.101 e. The predicted octanol–water partition coefficient (Wildman–Crippen LogP) is 2.61. The number of aromatic nitrogens is 2. The number of aryl methyl sites for hydroxylation is 1. The van der Waals surface area contributed by atoms with E-state index in [4.69, 9.17) is 16.9 Å². The van der Waals surface area contributed by atoms with Gasteiger partial charge in [0.1, 0.15) is 6.07 Å². The van der Waals surface area contributed by atoms with Gasteiger partial charge in [-0.15, -0.1) is 0 Å². The second kappa shape index (κ2) is 3.76. The van der Waals surface area contributed by atoms with Crippen LogP contribution in [0, 0.1) is 11.3 Å². The third kappa shape index (κ3) is 1.85. The van der Waals surface area contributed by atoms with E-state index in [9.17, 15) is 0 Å². The lowest BCUT2D eigenvalue weighted by Crippen LogP contribution is -1.88. The van der Waals surface area contributed by atoms with Crippen LogP contribution < -0.4 is 0 Å². The number of halogens is 1. The molecule has 0 bridgehead atoms. The van der Waals surface area contributed by atoms with Gasteiger partial charge < -0.3 is 0 Å². The highest BCUT2D eigenvalue weighted by atomic mass is 35.5. The number of benzene rings is 1. The molecule has 74 valence electrons. The standard InChI is InChI=1S/C11H8ClN3/c1-15-5-4-11(14-15)8-2-3-9(7-13)10(12)6-8/h2-6H,1H3. The number of hydrogen-bond donors (Lipinski definition) is 0. The Morgan fingerprint density at radius 1 is 1.40 bits per heavy atom. The van der Waals surface area contributed by atoms with E-state index >= 15 is 0 Å². The average Bonchev–Trinajstić information content (AvgIpc) is 2.65. The van der Waals surface area contributed by atoms with E-state index in [1.165, 1.54) is 0 Å². The van der Waals surface area contributed by atoms with Crippen LogP contribution in [-0.2, 0) is 7.05 Å². The Morgan fingerprint density at radius 2 is 2.20 bits per heavy atom. The lowest BCUT2D eigenvalue weighted by atomic mass is 10.1. The number of hydrogen-bond acceptors (Lipinski definition) is 2. The first-order chi connectivity index (χ1) is 7.20. The molecule has 3 nitrogen and oxygen atoms in total. The fourth-order valence-corrected chi connectivity index (χ4v) is 1.56. The van der Waals surface area contributed by atoms with Crippen LogP contribution in [0.25, 0.3) is 11.3 Å². The van der Waals surface area contributed by atoms with Gasteiger partial charge in [0.2, 0.25) is 0 Å². The lowest BCUT2D eigenvalue weighted by Gasteiger charge is -1.99. The van der Waals surface area contributed by atoms with Gasteiger partial charge >= 0.3 is 0 Å². The van der Waals surface area contributed by atoms with Gasteiger partial charge in [0.15, 0.2) is 0 Å². The van der Waals surface area contributed by atoms with Crippen LogP contribution >= 0.6 is 11.6 Å². The first kappa shape index (κ1) is 9.75. The minimum Gasteiger partial charge on any atom is -0.275 e. The van der Waals surface area contributed by atoms with Gasteiger partial charge in [0.05, 0.1) is 16.3 Å². The molecular weight excluding hydrogens is 210 g/mol. The van der Waals surface area contributed by atoms with Crippen molar-refractivity contribution in [3.8, 4) is 17.3 Å². The molecule has 0 unspecified atom stereocenters. The highest BCUT2D eigenvalue weighted by molar-refractivity contribution is 6.32. The SMILES string of the molecule is Cn1ccc(-c2ccc(C#N)c(Cl)c2)n1. The summed E-state index contributed by atoms with van der Waals surface area (Å²) in [6.07, 6.45) is 1.86. The van der Waals surface area contributed by atoms with Gasteiger partial charge in [0, 0.05) is 18.8 Å². The zero-order valence-corrected chi connectivity index (χ0v) is 8.86. The van der Waals surface area contributed by atoms with E-state index in [-0.39, 0.29) is 0 Å². The quantitative estimate of drug-likeness (QED) is 0.737. The molecule has 0 fully saturated rings. The largest absolute Gasteiger partial charge is 0.275 e. The van der Waals surface area contributed by atoms with Crippen LogP contribution in [-0.4, -0.2) is 9.78 Å². The molecule has 2 aromatic rings. The molecule has 0 radical (unpaired) electrons. The highest BCUT2D eigenvalue weighted by Crippen LogP contribution is 2.23. The first-order valence-corrected chi connectivity index (χ1v) is 4.78. The maximum atomic E-state index is 8.73. The topological polar surface area (TPSA) is 41.6 Å². The minimum absolute atomic E-state index is 0.459. The molecule has 0 amide bonds. The molecule has 0 aliphatic rings. The molecular formula is C11H8ClN3. The summed E-state index contributed by atoms with van der Waals surface area (Å²) in [5, 5.41) is 13.4. The minimum atomic E-state index is 0.459. The summed E-state index contributed by atoms with van der Waals surface area (Å²) >= 11 is 5.93. The van der Waals surface area contributed by atoms with Crippen molar-refractivity contribution >= 4 is 11.6 Å². The van der Waals surface area contributed by atoms with Gasteiger partial charge in [-0.3, -0.25) is 4.68 Å². The lowest BCUT2D eigenvalue weighted by molar-refractivity contribution is 0.771. The summed E-state index contributed by atoms with van der Waals surface area (Å²) < 4.78 is 1.72. The van der Waals surface area contributed by atoms with E-state index in [0.29, 0.717) is 10.6 Å². The Balaban J connectivity index is 2.48. The second-order valence-electron chi connectivity index (χ2n) is 3.18. The molecule has 0 aliphatic heterocycles. The second-order valence-corrected chi connectivity index (χ2v) is 3.59. The van der Waals surface area contributed by atoms with Crippen LogP contribution in [0.15, 0.2) is 30.5 Å². The zero-order chi connectivity index (χ0) is 10.8. The Hall–Kier alpha value is -1.79. The summed E-state index contributed by atoms with van der Waals surface area (Å²) in [4.78, 5) is 0. The fraction of sp³-hybridized carbons (Fsp3) is 0.0909. The maximum absolute atomic E-state index is 8.73. The van der Waals surface area contributed by atoms with Gasteiger partial charge in [-0.25, -0.2) is 0 Å². The smallest absolute Gasteiger partial charge is 0.101 e. The van der Waals surface area contributed by atoms with Crippen LogP contribution in [0.2, 0.25) is 5.02 Å². The van der Waals surface area contributed by atoms with Gasteiger partial charge in [0.25, 0.3) is 0 Å². The van der Waals surface area contributed by atoms with Crippen molar-refractivity contribution < 1.29 is 0 Å². The van der Waals surface area contributed by atoms with Crippen molar-refractivity contribution in [2.24, 2.45) is 7.05 Å². The third-order valence-electron chi connectivity index (χ3n) is 2.10. The Bertz CT molecular complexity index is 537. The predicted molar refractivity (Wildman–Crippen MR) is 58.4 cm³/mol. The van der Waals surface area contributed by atoms with Crippen molar-refractivity contribution in [2.45, 2.75) is 0 Å². The molecule has 2 rings (SSSR count). The fourth-order valence-electron chi connectivity index (χ4n) is 1.33. The van der Waals surface area contributed by atoms with Crippen molar-refractivity contribution in [3.05, 3.63) is 41.0 Å². The third-order valence-corrected chi connectivity index (χ3v) is 2.41. The number of rotatable bonds is 1. The van der Waals surface area contributed by atoms with E-state index in [1.807, 2.05) is 31.4 Å². The molecule has 0 spiro atoms. The Kier molecular flexibility index (Phi) is 2.44. The average molecular weight is 218 g/mol. The molecule has 1 aromatic heterocycles. The molecule has 1 heterocycles. The van der Waals surface area contributed by atoms with Crippen LogP contribution in [0.5, 0.6) is 0 Å². The molecule has 0 atom stereocenters. The normalized spacial score (nSPS) is 9.93. The van der Waals surface area contributed by atoms with E-state index in [0.717, 1.165) is 11.3 Å². The molecule has 0 aliphatic carbocycles. The molecule has 15 heavy (non-hydrogen) atoms. The monoisotopic (exact) mass is 217 g/mol. The summed E-state index contributed by atoms with van der Waals surface area (Å²) in [5.41, 5.74) is 2.25. The van der Waals surface area contributed by atoms with Gasteiger partial charge in [-0.1, -0.05) is 17.7 Å². The zero-order valence-electron chi connectivity index (χ0n) is 8.11. The van der Waals surface area contributed by atoms with Crippen molar-refractivity contribution in [2.75, 3.05) is 0 Å². The molecule has 4 heteroatoms. The Labute approximate surface area is 92.5 Å². The van der Waals surface area contributed by atoms with Crippen molar-refractivity contribution in [1.82, 2.24) is 9.78 Å². The van der Waals surface area contributed by atoms with Crippen LogP contribution in [0.3, 0.4) is 0 Å². The van der Waals surface area contributed by atoms with Crippen LogP contribution in [0.4, 0.5) is 0 Å². The molecule has 1 aromatic carbocycles. The summed E-state index contributed by atoms with van der Waals surface area (Å²) in [7, 11) is 1.86. The number of nitrogens with zero attached hydrogens (tertiary/aromatic N) is 3. The first-order valence-electron chi connectivity index (χ1n) is 4.40. The molecule has 0 saturated heterocycles. The number of nitriles is 1. The van der Waals surface area contributed by atoms with E-state index < -0.39 is 0 Å². The summed E-state index contributed by atoms with van der Waals surface area (Å²) in [6, 6.07) is 9.22. The highest BCUT2D eigenvalue weighted by Gasteiger charge is 2.04. The van der Waals surface area contributed by atoms with Gasteiger partial charge in [-0.2, -0.15) is 10.4 Å². The summed E-state index contributed by atoms with van der Waals surface area (Å²) in [6.45, 7) is 0. The Morgan fingerprint density at radius 3 is 2.73 bits per heavy atom. The molecule has 0 saturated carbocycles. The molecule has 0 N–H and O–H groups in total. The van der Waals surface area contributed by atoms with E-state index in [1.54, 1.807) is 16.8 Å². The van der Waals surface area contributed by atoms with Gasteiger partial charge in [-0.05, 0) is 18.2 Å². The van der Waals surface area contributed by atoms with Crippen molar-refractivity contribution in [1.29, 1.82) is 5.26 Å². The van der Waals surface area contributed by atoms with Crippen molar-refractivity contribution in [3.63, 3.8) is 0 Å². The van der Waals surface area contributed by atoms with E-state index in [2.05, 4.69) is 5.10 Å².